The number of non-ortho nitro benzene ring substituents is 1. The number of aromatic nitrogens is 2. The van der Waals surface area contributed by atoms with E-state index in [-0.39, 0.29) is 5.69 Å². The van der Waals surface area contributed by atoms with E-state index in [1.165, 1.54) is 12.1 Å². The van der Waals surface area contributed by atoms with Crippen LogP contribution in [0.1, 0.15) is 0 Å². The summed E-state index contributed by atoms with van der Waals surface area (Å²) in [6.45, 7) is 0. The van der Waals surface area contributed by atoms with E-state index in [4.69, 9.17) is 4.74 Å². The third-order valence-electron chi connectivity index (χ3n) is 2.83. The number of ether oxygens (including phenoxy) is 1. The lowest BCUT2D eigenvalue weighted by Crippen LogP contribution is -1.93. The quantitative estimate of drug-likeness (QED) is 0.405. The van der Waals surface area contributed by atoms with Gasteiger partial charge < -0.3 is 4.74 Å². The van der Waals surface area contributed by atoms with Crippen molar-refractivity contribution in [2.45, 2.75) is 0 Å². The molecule has 1 aromatic carbocycles. The van der Waals surface area contributed by atoms with Gasteiger partial charge in [0, 0.05) is 12.3 Å². The maximum absolute atomic E-state index is 11.0. The van der Waals surface area contributed by atoms with Crippen LogP contribution in [-0.4, -0.2) is 14.9 Å². The van der Waals surface area contributed by atoms with Crippen molar-refractivity contribution >= 4 is 32.5 Å². The fourth-order valence-corrected chi connectivity index (χ4v) is 2.16. The number of pyridine rings is 2. The molecule has 6 nitrogen and oxygen atoms in total. The molecule has 0 aliphatic heterocycles. The van der Waals surface area contributed by atoms with Crippen LogP contribution in [0, 0.1) is 10.1 Å². The minimum Gasteiger partial charge on any atom is -0.453 e. The van der Waals surface area contributed by atoms with E-state index in [9.17, 15) is 10.1 Å². The van der Waals surface area contributed by atoms with Gasteiger partial charge in [-0.1, -0.05) is 0 Å². The highest BCUT2D eigenvalue weighted by Gasteiger charge is 2.16. The Morgan fingerprint density at radius 1 is 1.14 bits per heavy atom. The number of fused-ring (bicyclic) bond motifs is 1. The van der Waals surface area contributed by atoms with Crippen LogP contribution in [0.15, 0.2) is 53.4 Å². The number of hydrogen-bond acceptors (Lipinski definition) is 5. The van der Waals surface area contributed by atoms with Crippen molar-refractivity contribution in [3.63, 3.8) is 0 Å². The van der Waals surface area contributed by atoms with Crippen molar-refractivity contribution in [3.8, 4) is 11.5 Å². The fourth-order valence-electron chi connectivity index (χ4n) is 1.92. The minimum atomic E-state index is -0.436. The molecule has 3 aromatic rings. The van der Waals surface area contributed by atoms with Gasteiger partial charge >= 0.3 is 0 Å². The summed E-state index contributed by atoms with van der Waals surface area (Å²) in [6, 6.07) is 9.73. The summed E-state index contributed by atoms with van der Waals surface area (Å²) in [4.78, 5) is 18.9. The lowest BCUT2D eigenvalue weighted by molar-refractivity contribution is -0.383. The molecule has 0 radical (unpaired) electrons. The third-order valence-corrected chi connectivity index (χ3v) is 3.30. The van der Waals surface area contributed by atoms with Crippen LogP contribution in [0.3, 0.4) is 0 Å². The molecule has 3 rings (SSSR count). The number of nitro benzene ring substituents is 1. The highest BCUT2D eigenvalue weighted by atomic mass is 79.9. The van der Waals surface area contributed by atoms with Crippen LogP contribution in [-0.2, 0) is 0 Å². The molecule has 0 unspecified atom stereocenters. The largest absolute Gasteiger partial charge is 0.453 e. The predicted octanol–water partition coefficient (Wildman–Crippen LogP) is 4.09. The summed E-state index contributed by atoms with van der Waals surface area (Å²) in [5.41, 5.74) is 0.439. The molecule has 0 saturated heterocycles. The number of rotatable bonds is 3. The van der Waals surface area contributed by atoms with Gasteiger partial charge in [0.25, 0.3) is 5.69 Å². The van der Waals surface area contributed by atoms with Gasteiger partial charge in [0.2, 0.25) is 0 Å². The number of nitro groups is 1. The van der Waals surface area contributed by atoms with Gasteiger partial charge in [0.1, 0.15) is 15.9 Å². The van der Waals surface area contributed by atoms with E-state index in [1.807, 2.05) is 0 Å². The van der Waals surface area contributed by atoms with Crippen molar-refractivity contribution < 1.29 is 9.66 Å². The zero-order valence-corrected chi connectivity index (χ0v) is 12.1. The third kappa shape index (κ3) is 2.68. The van der Waals surface area contributed by atoms with E-state index in [0.717, 1.165) is 0 Å². The summed E-state index contributed by atoms with van der Waals surface area (Å²) in [5.74, 6) is 0.972. The van der Waals surface area contributed by atoms with Crippen LogP contribution in [0.5, 0.6) is 11.5 Å². The molecule has 0 aliphatic rings. The highest BCUT2D eigenvalue weighted by molar-refractivity contribution is 9.10. The average molecular weight is 346 g/mol. The first-order chi connectivity index (χ1) is 10.1. The van der Waals surface area contributed by atoms with Crippen LogP contribution in [0.4, 0.5) is 5.69 Å². The molecule has 0 bridgehead atoms. The van der Waals surface area contributed by atoms with Crippen molar-refractivity contribution in [2.75, 3.05) is 0 Å². The first kappa shape index (κ1) is 13.4. The number of hydrogen-bond donors (Lipinski definition) is 0. The molecule has 0 saturated carbocycles. The number of halogens is 1. The molecule has 2 heterocycles. The number of benzene rings is 1. The summed E-state index contributed by atoms with van der Waals surface area (Å²) < 4.78 is 6.41. The van der Waals surface area contributed by atoms with E-state index in [1.54, 1.807) is 36.7 Å². The molecule has 104 valence electrons. The summed E-state index contributed by atoms with van der Waals surface area (Å²) in [7, 11) is 0. The standard InChI is InChI=1S/C14H8BrN3O3/c15-13-6-3-9(8-17-13)21-12-5-4-11(18(19)20)10-2-1-7-16-14(10)12/h1-8H. The molecule has 0 aliphatic carbocycles. The summed E-state index contributed by atoms with van der Waals surface area (Å²) in [5, 5.41) is 11.5. The second-order valence-electron chi connectivity index (χ2n) is 4.16. The normalized spacial score (nSPS) is 10.5. The molecule has 2 aromatic heterocycles. The summed E-state index contributed by atoms with van der Waals surface area (Å²) in [6.07, 6.45) is 3.12. The van der Waals surface area contributed by atoms with Crippen LogP contribution < -0.4 is 4.74 Å². The molecular formula is C14H8BrN3O3. The van der Waals surface area contributed by atoms with E-state index in [2.05, 4.69) is 25.9 Å². The van der Waals surface area contributed by atoms with Crippen LogP contribution in [0.25, 0.3) is 10.9 Å². The Labute approximate surface area is 127 Å². The van der Waals surface area contributed by atoms with E-state index < -0.39 is 4.92 Å². The molecule has 0 fully saturated rings. The maximum Gasteiger partial charge on any atom is 0.279 e. The Morgan fingerprint density at radius 3 is 2.71 bits per heavy atom. The van der Waals surface area contributed by atoms with Gasteiger partial charge in [-0.3, -0.25) is 15.1 Å². The van der Waals surface area contributed by atoms with Crippen LogP contribution >= 0.6 is 15.9 Å². The minimum absolute atomic E-state index is 0.000573. The van der Waals surface area contributed by atoms with Gasteiger partial charge in [0.15, 0.2) is 5.75 Å². The summed E-state index contributed by atoms with van der Waals surface area (Å²) >= 11 is 3.24. The molecule has 21 heavy (non-hydrogen) atoms. The van der Waals surface area contributed by atoms with Gasteiger partial charge in [-0.15, -0.1) is 0 Å². The molecular weight excluding hydrogens is 338 g/mol. The molecule has 0 amide bonds. The van der Waals surface area contributed by atoms with E-state index >= 15 is 0 Å². The van der Waals surface area contributed by atoms with Crippen molar-refractivity contribution in [2.24, 2.45) is 0 Å². The van der Waals surface area contributed by atoms with Gasteiger partial charge in [0.05, 0.1) is 16.5 Å². The second-order valence-corrected chi connectivity index (χ2v) is 4.97. The zero-order valence-electron chi connectivity index (χ0n) is 10.6. The Morgan fingerprint density at radius 2 is 2.00 bits per heavy atom. The van der Waals surface area contributed by atoms with Gasteiger partial charge in [-0.25, -0.2) is 4.98 Å². The van der Waals surface area contributed by atoms with Crippen molar-refractivity contribution in [1.29, 1.82) is 0 Å². The van der Waals surface area contributed by atoms with Gasteiger partial charge in [-0.05, 0) is 46.3 Å². The van der Waals surface area contributed by atoms with Crippen molar-refractivity contribution in [1.82, 2.24) is 9.97 Å². The lowest BCUT2D eigenvalue weighted by atomic mass is 10.1. The number of nitrogens with zero attached hydrogens (tertiary/aromatic N) is 3. The first-order valence-corrected chi connectivity index (χ1v) is 6.76. The Bertz CT molecular complexity index is 821. The second kappa shape index (κ2) is 5.45. The molecule has 0 atom stereocenters. The Hall–Kier alpha value is -2.54. The molecule has 0 N–H and O–H groups in total. The Kier molecular flexibility index (Phi) is 3.49. The van der Waals surface area contributed by atoms with Crippen LogP contribution in [0.2, 0.25) is 0 Å². The van der Waals surface area contributed by atoms with Crippen molar-refractivity contribution in [3.05, 3.63) is 63.5 Å². The predicted molar refractivity (Wildman–Crippen MR) is 80.4 cm³/mol. The Balaban J connectivity index is 2.09. The zero-order chi connectivity index (χ0) is 14.8. The first-order valence-electron chi connectivity index (χ1n) is 5.96. The average Bonchev–Trinajstić information content (AvgIpc) is 2.49. The SMILES string of the molecule is O=[N+]([O-])c1ccc(Oc2ccc(Br)nc2)c2ncccc12. The maximum atomic E-state index is 11.0. The molecule has 0 spiro atoms. The molecule has 7 heteroatoms. The van der Waals surface area contributed by atoms with E-state index in [0.29, 0.717) is 27.0 Å². The smallest absolute Gasteiger partial charge is 0.279 e. The fraction of sp³-hybridized carbons (Fsp3) is 0. The topological polar surface area (TPSA) is 78.2 Å². The highest BCUT2D eigenvalue weighted by Crippen LogP contribution is 2.33. The van der Waals surface area contributed by atoms with Gasteiger partial charge in [-0.2, -0.15) is 0 Å². The monoisotopic (exact) mass is 345 g/mol. The lowest BCUT2D eigenvalue weighted by Gasteiger charge is -2.08.